The fourth-order valence-corrected chi connectivity index (χ4v) is 9.06. The third kappa shape index (κ3) is 53.7. The van der Waals surface area contributed by atoms with E-state index in [4.69, 9.17) is 9.05 Å². The SMILES string of the molecule is CC/C=C\C/C=C\C/C=C\C/C=C\CCCCCCC(=O)NC(COP(=O)([O-])OCC[N+](C)(C)C)C(O)/C=C/CC/C=C/CCCCCCCCCCCCCCCCCCCCCCCCCCC. The first-order chi connectivity index (χ1) is 34.0. The van der Waals surface area contributed by atoms with Crippen LogP contribution >= 0.6 is 7.82 Å². The van der Waals surface area contributed by atoms with Crippen molar-refractivity contribution in [1.29, 1.82) is 0 Å². The fraction of sp³-hybridized carbons (Fsp3) is 0.787. The molecular formula is C61H113N2O6P. The Labute approximate surface area is 434 Å². The van der Waals surface area contributed by atoms with Crippen LogP contribution in [0.3, 0.4) is 0 Å². The lowest BCUT2D eigenvalue weighted by Gasteiger charge is -2.29. The van der Waals surface area contributed by atoms with Crippen molar-refractivity contribution in [1.82, 2.24) is 5.32 Å². The fourth-order valence-electron chi connectivity index (χ4n) is 8.34. The summed E-state index contributed by atoms with van der Waals surface area (Å²) in [6.45, 7) is 4.51. The van der Waals surface area contributed by atoms with Gasteiger partial charge in [0.1, 0.15) is 13.2 Å². The average molecular weight is 1000 g/mol. The van der Waals surface area contributed by atoms with E-state index in [1.54, 1.807) is 6.08 Å². The number of aliphatic hydroxyl groups is 1. The minimum absolute atomic E-state index is 0.0146. The number of phosphoric acid groups is 1. The number of likely N-dealkylation sites (N-methyl/N-ethyl adjacent to an activating group) is 1. The van der Waals surface area contributed by atoms with Crippen LogP contribution < -0.4 is 10.2 Å². The van der Waals surface area contributed by atoms with Crippen LogP contribution in [0, 0.1) is 0 Å². The molecule has 0 aliphatic carbocycles. The number of amides is 1. The van der Waals surface area contributed by atoms with Crippen molar-refractivity contribution in [3.8, 4) is 0 Å². The number of rotatable bonds is 53. The molecule has 0 bridgehead atoms. The Hall–Kier alpha value is -2.06. The second-order valence-electron chi connectivity index (χ2n) is 21.0. The van der Waals surface area contributed by atoms with Gasteiger partial charge in [-0.1, -0.05) is 254 Å². The number of carbonyl (C=O) groups excluding carboxylic acids is 1. The average Bonchev–Trinajstić information content (AvgIpc) is 3.32. The summed E-state index contributed by atoms with van der Waals surface area (Å²) in [6.07, 6.45) is 71.5. The lowest BCUT2D eigenvalue weighted by atomic mass is 10.0. The Kier molecular flexibility index (Phi) is 50.3. The van der Waals surface area contributed by atoms with Crippen molar-refractivity contribution in [2.24, 2.45) is 0 Å². The maximum atomic E-state index is 12.9. The molecule has 0 saturated carbocycles. The van der Waals surface area contributed by atoms with E-state index in [2.05, 4.69) is 79.9 Å². The van der Waals surface area contributed by atoms with Crippen molar-refractivity contribution in [2.75, 3.05) is 40.9 Å². The highest BCUT2D eigenvalue weighted by molar-refractivity contribution is 7.45. The van der Waals surface area contributed by atoms with E-state index in [9.17, 15) is 19.4 Å². The van der Waals surface area contributed by atoms with Crippen molar-refractivity contribution in [2.45, 2.75) is 270 Å². The van der Waals surface area contributed by atoms with Gasteiger partial charge in [-0.3, -0.25) is 9.36 Å². The van der Waals surface area contributed by atoms with Crippen LogP contribution in [0.25, 0.3) is 0 Å². The maximum Gasteiger partial charge on any atom is 0.268 e. The maximum absolute atomic E-state index is 12.9. The van der Waals surface area contributed by atoms with Gasteiger partial charge in [0.15, 0.2) is 0 Å². The molecule has 0 spiro atoms. The highest BCUT2D eigenvalue weighted by Crippen LogP contribution is 2.38. The normalized spacial score (nSPS) is 14.4. The van der Waals surface area contributed by atoms with Gasteiger partial charge in [-0.25, -0.2) is 0 Å². The molecule has 1 amide bonds. The Morgan fingerprint density at radius 1 is 0.514 bits per heavy atom. The van der Waals surface area contributed by atoms with E-state index in [-0.39, 0.29) is 12.5 Å². The Bertz CT molecular complexity index is 1370. The molecule has 0 aliphatic rings. The van der Waals surface area contributed by atoms with Gasteiger partial charge in [-0.05, 0) is 70.6 Å². The molecule has 0 fully saturated rings. The topological polar surface area (TPSA) is 108 Å². The smallest absolute Gasteiger partial charge is 0.268 e. The first-order valence-electron chi connectivity index (χ1n) is 29.3. The van der Waals surface area contributed by atoms with Crippen LogP contribution in [0.15, 0.2) is 72.9 Å². The first kappa shape index (κ1) is 67.9. The van der Waals surface area contributed by atoms with E-state index >= 15 is 0 Å². The molecular weight excluding hydrogens is 888 g/mol. The number of aliphatic hydroxyl groups excluding tert-OH is 1. The lowest BCUT2D eigenvalue weighted by molar-refractivity contribution is -0.870. The van der Waals surface area contributed by atoms with E-state index in [1.165, 1.54) is 161 Å². The number of nitrogens with zero attached hydrogens (tertiary/aromatic N) is 1. The van der Waals surface area contributed by atoms with Gasteiger partial charge in [-0.15, -0.1) is 0 Å². The molecule has 408 valence electrons. The van der Waals surface area contributed by atoms with E-state index in [1.807, 2.05) is 27.2 Å². The molecule has 0 heterocycles. The quantitative estimate of drug-likeness (QED) is 0.0272. The largest absolute Gasteiger partial charge is 0.756 e. The number of carbonyl (C=O) groups is 1. The molecule has 3 atom stereocenters. The lowest BCUT2D eigenvalue weighted by Crippen LogP contribution is -2.45. The number of quaternary nitrogens is 1. The highest BCUT2D eigenvalue weighted by Gasteiger charge is 2.23. The van der Waals surface area contributed by atoms with E-state index in [0.717, 1.165) is 77.0 Å². The van der Waals surface area contributed by atoms with Crippen LogP contribution in [-0.4, -0.2) is 68.5 Å². The van der Waals surface area contributed by atoms with Crippen molar-refractivity contribution in [3.63, 3.8) is 0 Å². The summed E-state index contributed by atoms with van der Waals surface area (Å²) in [5.74, 6) is -0.231. The summed E-state index contributed by atoms with van der Waals surface area (Å²) in [4.78, 5) is 25.4. The number of nitrogens with one attached hydrogen (secondary N) is 1. The Balaban J connectivity index is 4.20. The zero-order valence-corrected chi connectivity index (χ0v) is 47.4. The van der Waals surface area contributed by atoms with Gasteiger partial charge in [0.2, 0.25) is 5.91 Å². The molecule has 0 aliphatic heterocycles. The summed E-state index contributed by atoms with van der Waals surface area (Å²) in [6, 6.07) is -0.921. The van der Waals surface area contributed by atoms with E-state index in [0.29, 0.717) is 17.4 Å². The monoisotopic (exact) mass is 1000 g/mol. The molecule has 0 aromatic heterocycles. The minimum Gasteiger partial charge on any atom is -0.756 e. The Morgan fingerprint density at radius 3 is 1.33 bits per heavy atom. The number of hydrogen-bond donors (Lipinski definition) is 2. The molecule has 0 radical (unpaired) electrons. The van der Waals surface area contributed by atoms with Crippen LogP contribution in [0.4, 0.5) is 0 Å². The summed E-state index contributed by atoms with van der Waals surface area (Å²) < 4.78 is 23.3. The number of phosphoric ester groups is 1. The molecule has 0 aromatic rings. The predicted octanol–water partition coefficient (Wildman–Crippen LogP) is 17.2. The third-order valence-corrected chi connectivity index (χ3v) is 13.9. The molecule has 8 nitrogen and oxygen atoms in total. The van der Waals surface area contributed by atoms with Gasteiger partial charge in [0.25, 0.3) is 7.82 Å². The van der Waals surface area contributed by atoms with Crippen LogP contribution in [0.1, 0.15) is 258 Å². The molecule has 70 heavy (non-hydrogen) atoms. The van der Waals surface area contributed by atoms with Crippen molar-refractivity contribution >= 4 is 13.7 Å². The third-order valence-electron chi connectivity index (χ3n) is 12.9. The van der Waals surface area contributed by atoms with Gasteiger partial charge >= 0.3 is 0 Å². The standard InChI is InChI=1S/C61H113N2O6P/c1-6-8-10-12-14-16-18-20-22-24-25-26-27-28-29-30-31-32-33-34-35-36-37-39-40-42-44-46-48-50-52-54-60(64)59(58-69-70(66,67)68-57-56-63(3,4)5)62-61(65)55-53-51-49-47-45-43-41-38-23-21-19-17-15-13-11-9-7-2/h9,11,15,17,21,23,41,43-44,46,52,54,59-60,64H,6-8,10,12-14,16,18-20,22,24-40,42,45,47-51,53,55-58H2,1-5H3,(H-,62,65,66,67)/b11-9-,17-15-,23-21-,43-41-,46-44+,54-52+. The van der Waals surface area contributed by atoms with Gasteiger partial charge in [0.05, 0.1) is 39.9 Å². The minimum atomic E-state index is -4.62. The zero-order chi connectivity index (χ0) is 51.3. The van der Waals surface area contributed by atoms with Crippen molar-refractivity contribution < 1.29 is 32.9 Å². The highest BCUT2D eigenvalue weighted by atomic mass is 31.2. The molecule has 2 N–H and O–H groups in total. The Morgan fingerprint density at radius 2 is 0.886 bits per heavy atom. The van der Waals surface area contributed by atoms with Crippen LogP contribution in [-0.2, 0) is 18.4 Å². The van der Waals surface area contributed by atoms with E-state index < -0.39 is 26.6 Å². The number of unbranched alkanes of at least 4 members (excludes halogenated alkanes) is 30. The summed E-state index contributed by atoms with van der Waals surface area (Å²) >= 11 is 0. The molecule has 9 heteroatoms. The number of allylic oxidation sites excluding steroid dienone is 11. The predicted molar refractivity (Wildman–Crippen MR) is 302 cm³/mol. The second kappa shape index (κ2) is 51.8. The summed E-state index contributed by atoms with van der Waals surface area (Å²) in [5.41, 5.74) is 0. The van der Waals surface area contributed by atoms with Gasteiger partial charge in [-0.2, -0.15) is 0 Å². The van der Waals surface area contributed by atoms with Crippen LogP contribution in [0.2, 0.25) is 0 Å². The van der Waals surface area contributed by atoms with Gasteiger partial charge < -0.3 is 28.8 Å². The molecule has 3 unspecified atom stereocenters. The molecule has 0 aromatic carbocycles. The van der Waals surface area contributed by atoms with Crippen molar-refractivity contribution in [3.05, 3.63) is 72.9 Å². The molecule has 0 rings (SSSR count). The van der Waals surface area contributed by atoms with Crippen LogP contribution in [0.5, 0.6) is 0 Å². The summed E-state index contributed by atoms with van der Waals surface area (Å²) in [5, 5.41) is 13.8. The summed E-state index contributed by atoms with van der Waals surface area (Å²) in [7, 11) is 1.22. The number of hydrogen-bond acceptors (Lipinski definition) is 6. The second-order valence-corrected chi connectivity index (χ2v) is 22.4. The first-order valence-corrected chi connectivity index (χ1v) is 30.8. The zero-order valence-electron chi connectivity index (χ0n) is 46.5. The molecule has 0 saturated heterocycles. The van der Waals surface area contributed by atoms with Gasteiger partial charge in [0, 0.05) is 6.42 Å².